The summed E-state index contributed by atoms with van der Waals surface area (Å²) < 4.78 is 1.73. The Labute approximate surface area is 163 Å². The molecule has 9 nitrogen and oxygen atoms in total. The van der Waals surface area contributed by atoms with E-state index in [1.54, 1.807) is 17.1 Å². The summed E-state index contributed by atoms with van der Waals surface area (Å²) in [7, 11) is 0. The molecule has 0 saturated carbocycles. The molecule has 4 rings (SSSR count). The number of carbonyl (C=O) groups excluding carboxylic acids is 1. The second-order valence-electron chi connectivity index (χ2n) is 6.78. The van der Waals surface area contributed by atoms with Crippen molar-refractivity contribution in [3.05, 3.63) is 54.0 Å². The number of hydrogen-bond donors (Lipinski definition) is 3. The summed E-state index contributed by atoms with van der Waals surface area (Å²) in [4.78, 5) is 14.8. The van der Waals surface area contributed by atoms with Gasteiger partial charge >= 0.3 is 0 Å². The molecule has 2 aromatic heterocycles. The molecule has 0 spiro atoms. The van der Waals surface area contributed by atoms with E-state index in [0.29, 0.717) is 12.2 Å². The lowest BCUT2D eigenvalue weighted by atomic mass is 10.1. The summed E-state index contributed by atoms with van der Waals surface area (Å²) >= 11 is 0. The molecular formula is C19H24N8O. The summed E-state index contributed by atoms with van der Waals surface area (Å²) in [6.07, 6.45) is 3.43. The molecule has 3 N–H and O–H groups in total. The van der Waals surface area contributed by atoms with Crippen molar-refractivity contribution in [2.45, 2.75) is 13.1 Å². The number of benzene rings is 1. The first-order valence-electron chi connectivity index (χ1n) is 9.48. The van der Waals surface area contributed by atoms with Crippen LogP contribution in [0.2, 0.25) is 0 Å². The van der Waals surface area contributed by atoms with Crippen LogP contribution in [0.4, 0.5) is 0 Å². The van der Waals surface area contributed by atoms with E-state index in [4.69, 9.17) is 0 Å². The van der Waals surface area contributed by atoms with Crippen molar-refractivity contribution in [2.24, 2.45) is 0 Å². The lowest BCUT2D eigenvalue weighted by molar-refractivity contribution is 0.0946. The van der Waals surface area contributed by atoms with Crippen molar-refractivity contribution in [2.75, 3.05) is 32.7 Å². The Morgan fingerprint density at radius 2 is 1.96 bits per heavy atom. The smallest absolute Gasteiger partial charge is 0.273 e. The fraction of sp³-hybridized carbons (Fsp3) is 0.368. The molecule has 9 heteroatoms. The van der Waals surface area contributed by atoms with Gasteiger partial charge in [0.05, 0.1) is 24.6 Å². The van der Waals surface area contributed by atoms with Gasteiger partial charge in [0.15, 0.2) is 5.69 Å². The zero-order chi connectivity index (χ0) is 19.2. The van der Waals surface area contributed by atoms with E-state index in [-0.39, 0.29) is 5.91 Å². The number of piperazine rings is 1. The predicted octanol–water partition coefficient (Wildman–Crippen LogP) is 0.503. The molecule has 1 fully saturated rings. The van der Waals surface area contributed by atoms with Gasteiger partial charge < -0.3 is 10.6 Å². The number of rotatable bonds is 7. The molecule has 3 heterocycles. The van der Waals surface area contributed by atoms with E-state index in [1.807, 2.05) is 30.3 Å². The van der Waals surface area contributed by atoms with E-state index < -0.39 is 0 Å². The summed E-state index contributed by atoms with van der Waals surface area (Å²) in [5, 5.41) is 21.4. The van der Waals surface area contributed by atoms with E-state index in [1.165, 1.54) is 0 Å². The van der Waals surface area contributed by atoms with Gasteiger partial charge in [-0.15, -0.1) is 5.10 Å². The minimum atomic E-state index is -0.242. The van der Waals surface area contributed by atoms with Crippen molar-refractivity contribution >= 4 is 5.91 Å². The van der Waals surface area contributed by atoms with Crippen LogP contribution in [-0.4, -0.2) is 68.7 Å². The quantitative estimate of drug-likeness (QED) is 0.552. The van der Waals surface area contributed by atoms with Crippen LogP contribution in [-0.2, 0) is 13.1 Å². The van der Waals surface area contributed by atoms with Gasteiger partial charge in [-0.25, -0.2) is 0 Å². The Hall–Kier alpha value is -3.04. The van der Waals surface area contributed by atoms with Crippen LogP contribution in [0, 0.1) is 0 Å². The topological polar surface area (TPSA) is 104 Å². The lowest BCUT2D eigenvalue weighted by Crippen LogP contribution is -2.44. The molecular weight excluding hydrogens is 356 g/mol. The second kappa shape index (κ2) is 8.77. The number of carbonyl (C=O) groups is 1. The number of nitrogens with one attached hydrogen (secondary N) is 3. The van der Waals surface area contributed by atoms with Crippen LogP contribution in [0.25, 0.3) is 11.3 Å². The van der Waals surface area contributed by atoms with Crippen LogP contribution in [0.5, 0.6) is 0 Å². The van der Waals surface area contributed by atoms with Crippen molar-refractivity contribution < 1.29 is 4.79 Å². The van der Waals surface area contributed by atoms with Gasteiger partial charge in [-0.05, 0) is 5.56 Å². The maximum atomic E-state index is 12.4. The van der Waals surface area contributed by atoms with Crippen LogP contribution >= 0.6 is 0 Å². The first-order chi connectivity index (χ1) is 13.8. The maximum absolute atomic E-state index is 12.4. The number of hydrogen-bond acceptors (Lipinski definition) is 6. The average Bonchev–Trinajstić information content (AvgIpc) is 3.41. The van der Waals surface area contributed by atoms with Crippen LogP contribution < -0.4 is 10.6 Å². The third kappa shape index (κ3) is 4.44. The summed E-state index contributed by atoms with van der Waals surface area (Å²) in [6.45, 7) is 6.11. The summed E-state index contributed by atoms with van der Waals surface area (Å²) in [6, 6.07) is 9.91. The van der Waals surface area contributed by atoms with Gasteiger partial charge in [0.25, 0.3) is 5.91 Å². The third-order valence-corrected chi connectivity index (χ3v) is 4.85. The Kier molecular flexibility index (Phi) is 5.74. The molecule has 1 amide bonds. The first-order valence-corrected chi connectivity index (χ1v) is 9.48. The monoisotopic (exact) mass is 380 g/mol. The van der Waals surface area contributed by atoms with E-state index in [2.05, 4.69) is 36.0 Å². The first kappa shape index (κ1) is 18.3. The third-order valence-electron chi connectivity index (χ3n) is 4.85. The van der Waals surface area contributed by atoms with Gasteiger partial charge in [0.1, 0.15) is 0 Å². The van der Waals surface area contributed by atoms with Crippen molar-refractivity contribution in [1.82, 2.24) is 40.7 Å². The highest BCUT2D eigenvalue weighted by Gasteiger charge is 2.14. The Morgan fingerprint density at radius 1 is 1.14 bits per heavy atom. The Morgan fingerprint density at radius 3 is 2.79 bits per heavy atom. The van der Waals surface area contributed by atoms with Crippen molar-refractivity contribution in [1.29, 1.82) is 0 Å². The Bertz CT molecular complexity index is 898. The van der Waals surface area contributed by atoms with E-state index >= 15 is 0 Å². The largest absolute Gasteiger partial charge is 0.346 e. The lowest BCUT2D eigenvalue weighted by Gasteiger charge is -2.26. The number of nitrogens with zero attached hydrogens (tertiary/aromatic N) is 5. The molecule has 0 aliphatic carbocycles. The second-order valence-corrected chi connectivity index (χ2v) is 6.78. The molecule has 0 atom stereocenters. The fourth-order valence-corrected chi connectivity index (χ4v) is 3.26. The fourth-order valence-electron chi connectivity index (χ4n) is 3.26. The molecule has 1 saturated heterocycles. The SMILES string of the molecule is O=C(NCc1cn[nH]c1-c1ccccc1)c1cn(CCN2CCNCC2)nn1. The average molecular weight is 380 g/mol. The minimum absolute atomic E-state index is 0.242. The molecule has 1 aliphatic rings. The standard InChI is InChI=1S/C19H24N8O/c28-19(17-14-27(25-23-17)11-10-26-8-6-20-7-9-26)21-12-16-13-22-24-18(16)15-4-2-1-3-5-15/h1-5,13-14,20H,6-12H2,(H,21,28)(H,22,24). The molecule has 0 unspecified atom stereocenters. The molecule has 1 aromatic carbocycles. The van der Waals surface area contributed by atoms with Crippen LogP contribution in [0.15, 0.2) is 42.7 Å². The van der Waals surface area contributed by atoms with Gasteiger partial charge in [-0.1, -0.05) is 35.5 Å². The molecule has 0 bridgehead atoms. The van der Waals surface area contributed by atoms with Crippen LogP contribution in [0.1, 0.15) is 16.1 Å². The normalized spacial score (nSPS) is 14.9. The molecule has 146 valence electrons. The van der Waals surface area contributed by atoms with Crippen molar-refractivity contribution in [3.8, 4) is 11.3 Å². The predicted molar refractivity (Wildman–Crippen MR) is 105 cm³/mol. The number of amides is 1. The summed E-state index contributed by atoms with van der Waals surface area (Å²) in [5.74, 6) is -0.242. The minimum Gasteiger partial charge on any atom is -0.346 e. The molecule has 28 heavy (non-hydrogen) atoms. The zero-order valence-electron chi connectivity index (χ0n) is 15.6. The highest BCUT2D eigenvalue weighted by molar-refractivity contribution is 5.91. The number of H-pyrrole nitrogens is 1. The van der Waals surface area contributed by atoms with Crippen molar-refractivity contribution in [3.63, 3.8) is 0 Å². The summed E-state index contributed by atoms with van der Waals surface area (Å²) in [5.41, 5.74) is 3.18. The number of aromatic amines is 1. The van der Waals surface area contributed by atoms with E-state index in [0.717, 1.165) is 56.1 Å². The van der Waals surface area contributed by atoms with Gasteiger partial charge in [0, 0.05) is 44.8 Å². The van der Waals surface area contributed by atoms with Gasteiger partial charge in [0.2, 0.25) is 0 Å². The van der Waals surface area contributed by atoms with Gasteiger partial charge in [-0.3, -0.25) is 19.5 Å². The highest BCUT2D eigenvalue weighted by Crippen LogP contribution is 2.20. The van der Waals surface area contributed by atoms with E-state index in [9.17, 15) is 4.79 Å². The molecule has 0 radical (unpaired) electrons. The number of aromatic nitrogens is 5. The Balaban J connectivity index is 1.31. The molecule has 1 aliphatic heterocycles. The highest BCUT2D eigenvalue weighted by atomic mass is 16.2. The van der Waals surface area contributed by atoms with Crippen LogP contribution in [0.3, 0.4) is 0 Å². The molecule has 3 aromatic rings. The zero-order valence-corrected chi connectivity index (χ0v) is 15.6. The maximum Gasteiger partial charge on any atom is 0.273 e. The van der Waals surface area contributed by atoms with Gasteiger partial charge in [-0.2, -0.15) is 5.10 Å².